The van der Waals surface area contributed by atoms with Crippen LogP contribution in [0, 0.1) is 6.92 Å². The molecular formula is C19H20ClN3O3. The second kappa shape index (κ2) is 7.74. The Morgan fingerprint density at radius 3 is 2.23 bits per heavy atom. The van der Waals surface area contributed by atoms with Gasteiger partial charge in [0.15, 0.2) is 0 Å². The van der Waals surface area contributed by atoms with Crippen molar-refractivity contribution in [3.8, 4) is 0 Å². The highest BCUT2D eigenvalue weighted by Crippen LogP contribution is 2.15. The SMILES string of the molecule is Cc1cc(C(=O)N2CCCN(C(=O)c3cccc(Cl)c3)CC2)cc(=O)[nH]1. The highest BCUT2D eigenvalue weighted by atomic mass is 35.5. The summed E-state index contributed by atoms with van der Waals surface area (Å²) in [5, 5.41) is 0.521. The molecule has 3 rings (SSSR count). The van der Waals surface area contributed by atoms with Gasteiger partial charge in [0.05, 0.1) is 0 Å². The molecule has 0 unspecified atom stereocenters. The van der Waals surface area contributed by atoms with Gasteiger partial charge in [-0.15, -0.1) is 0 Å². The van der Waals surface area contributed by atoms with E-state index in [4.69, 9.17) is 11.6 Å². The molecule has 2 aromatic rings. The maximum Gasteiger partial charge on any atom is 0.254 e. The quantitative estimate of drug-likeness (QED) is 0.878. The fraction of sp³-hybridized carbons (Fsp3) is 0.316. The number of carbonyl (C=O) groups excluding carboxylic acids is 2. The highest BCUT2D eigenvalue weighted by Gasteiger charge is 2.24. The molecule has 2 heterocycles. The molecule has 1 saturated heterocycles. The second-order valence-corrected chi connectivity index (χ2v) is 6.80. The summed E-state index contributed by atoms with van der Waals surface area (Å²) in [6.45, 7) is 3.73. The van der Waals surface area contributed by atoms with Crippen LogP contribution in [0.3, 0.4) is 0 Å². The zero-order valence-corrected chi connectivity index (χ0v) is 15.3. The number of H-pyrrole nitrogens is 1. The predicted molar refractivity (Wildman–Crippen MR) is 99.7 cm³/mol. The number of halogens is 1. The van der Waals surface area contributed by atoms with Gasteiger partial charge in [0.25, 0.3) is 11.8 Å². The van der Waals surface area contributed by atoms with E-state index in [0.29, 0.717) is 54.4 Å². The molecule has 0 radical (unpaired) electrons. The minimum absolute atomic E-state index is 0.0891. The lowest BCUT2D eigenvalue weighted by Crippen LogP contribution is -2.37. The van der Waals surface area contributed by atoms with Crippen molar-refractivity contribution in [2.24, 2.45) is 0 Å². The van der Waals surface area contributed by atoms with Crippen LogP contribution < -0.4 is 5.56 Å². The summed E-state index contributed by atoms with van der Waals surface area (Å²) in [7, 11) is 0. The van der Waals surface area contributed by atoms with Gasteiger partial charge in [0, 0.05) is 54.1 Å². The van der Waals surface area contributed by atoms with Crippen molar-refractivity contribution in [3.63, 3.8) is 0 Å². The highest BCUT2D eigenvalue weighted by molar-refractivity contribution is 6.30. The van der Waals surface area contributed by atoms with Crippen molar-refractivity contribution in [3.05, 3.63) is 68.6 Å². The molecule has 1 fully saturated rings. The molecule has 0 spiro atoms. The van der Waals surface area contributed by atoms with Crippen molar-refractivity contribution < 1.29 is 9.59 Å². The number of pyridine rings is 1. The topological polar surface area (TPSA) is 73.5 Å². The van der Waals surface area contributed by atoms with Gasteiger partial charge in [-0.1, -0.05) is 17.7 Å². The Morgan fingerprint density at radius 2 is 1.62 bits per heavy atom. The zero-order valence-electron chi connectivity index (χ0n) is 14.5. The normalized spacial score (nSPS) is 14.8. The van der Waals surface area contributed by atoms with Crippen molar-refractivity contribution >= 4 is 23.4 Å². The third-order valence-electron chi connectivity index (χ3n) is 4.37. The Hall–Kier alpha value is -2.60. The van der Waals surface area contributed by atoms with E-state index in [1.165, 1.54) is 6.07 Å². The van der Waals surface area contributed by atoms with E-state index >= 15 is 0 Å². The van der Waals surface area contributed by atoms with Gasteiger partial charge in [0.1, 0.15) is 0 Å². The smallest absolute Gasteiger partial charge is 0.254 e. The van der Waals surface area contributed by atoms with Crippen molar-refractivity contribution in [1.29, 1.82) is 0 Å². The molecule has 1 aliphatic rings. The average Bonchev–Trinajstić information content (AvgIpc) is 2.85. The van der Waals surface area contributed by atoms with Crippen LogP contribution in [-0.4, -0.2) is 52.8 Å². The third kappa shape index (κ3) is 4.14. The molecule has 26 heavy (non-hydrogen) atoms. The second-order valence-electron chi connectivity index (χ2n) is 6.36. The van der Waals surface area contributed by atoms with Gasteiger partial charge in [-0.05, 0) is 37.6 Å². The van der Waals surface area contributed by atoms with Crippen LogP contribution in [0.1, 0.15) is 32.8 Å². The first-order chi connectivity index (χ1) is 12.4. The van der Waals surface area contributed by atoms with Crippen LogP contribution in [0.25, 0.3) is 0 Å². The number of hydrogen-bond acceptors (Lipinski definition) is 3. The lowest BCUT2D eigenvalue weighted by Gasteiger charge is -2.22. The van der Waals surface area contributed by atoms with E-state index in [1.54, 1.807) is 47.1 Å². The summed E-state index contributed by atoms with van der Waals surface area (Å²) in [6.07, 6.45) is 0.681. The fourth-order valence-electron chi connectivity index (χ4n) is 3.12. The van der Waals surface area contributed by atoms with Gasteiger partial charge in [-0.2, -0.15) is 0 Å². The number of carbonyl (C=O) groups is 2. The standard InChI is InChI=1S/C19H20ClN3O3/c1-13-10-15(12-17(24)21-13)19(26)23-7-3-6-22(8-9-23)18(25)14-4-2-5-16(20)11-14/h2,4-5,10-12H,3,6-9H2,1H3,(H,21,24). The van der Waals surface area contributed by atoms with E-state index in [2.05, 4.69) is 4.98 Å². The van der Waals surface area contributed by atoms with Crippen LogP contribution in [-0.2, 0) is 0 Å². The summed E-state index contributed by atoms with van der Waals surface area (Å²) >= 11 is 5.97. The minimum atomic E-state index is -0.291. The molecule has 1 aromatic carbocycles. The van der Waals surface area contributed by atoms with Gasteiger partial charge >= 0.3 is 0 Å². The number of hydrogen-bond donors (Lipinski definition) is 1. The molecule has 1 N–H and O–H groups in total. The van der Waals surface area contributed by atoms with Crippen LogP contribution in [0.15, 0.2) is 41.2 Å². The predicted octanol–water partition coefficient (Wildman–Crippen LogP) is 2.33. The van der Waals surface area contributed by atoms with Crippen molar-refractivity contribution in [1.82, 2.24) is 14.8 Å². The number of rotatable bonds is 2. The summed E-state index contributed by atoms with van der Waals surface area (Å²) in [6, 6.07) is 9.85. The lowest BCUT2D eigenvalue weighted by molar-refractivity contribution is 0.0718. The molecule has 0 atom stereocenters. The van der Waals surface area contributed by atoms with Crippen molar-refractivity contribution in [2.45, 2.75) is 13.3 Å². The van der Waals surface area contributed by atoms with E-state index in [1.807, 2.05) is 0 Å². The first-order valence-electron chi connectivity index (χ1n) is 8.49. The molecule has 6 nitrogen and oxygen atoms in total. The summed E-state index contributed by atoms with van der Waals surface area (Å²) in [5.74, 6) is -0.273. The van der Waals surface area contributed by atoms with E-state index in [9.17, 15) is 14.4 Å². The van der Waals surface area contributed by atoms with Gasteiger partial charge < -0.3 is 14.8 Å². The maximum atomic E-state index is 12.7. The fourth-order valence-corrected chi connectivity index (χ4v) is 3.31. The Labute approximate surface area is 156 Å². The zero-order chi connectivity index (χ0) is 18.7. The minimum Gasteiger partial charge on any atom is -0.337 e. The lowest BCUT2D eigenvalue weighted by atomic mass is 10.2. The van der Waals surface area contributed by atoms with Crippen molar-refractivity contribution in [2.75, 3.05) is 26.2 Å². The number of nitrogens with zero attached hydrogens (tertiary/aromatic N) is 2. The van der Waals surface area contributed by atoms with E-state index in [0.717, 1.165) is 0 Å². The number of aryl methyl sites for hydroxylation is 1. The third-order valence-corrected chi connectivity index (χ3v) is 4.60. The van der Waals surface area contributed by atoms with Crippen LogP contribution in [0.4, 0.5) is 0 Å². The molecule has 1 aromatic heterocycles. The summed E-state index contributed by atoms with van der Waals surface area (Å²) < 4.78 is 0. The number of aromatic nitrogens is 1. The number of benzene rings is 1. The molecule has 136 valence electrons. The molecule has 0 aliphatic carbocycles. The van der Waals surface area contributed by atoms with Crippen LogP contribution in [0.5, 0.6) is 0 Å². The number of aromatic amines is 1. The van der Waals surface area contributed by atoms with E-state index < -0.39 is 0 Å². The van der Waals surface area contributed by atoms with Gasteiger partial charge in [-0.25, -0.2) is 0 Å². The molecule has 1 aliphatic heterocycles. The summed E-state index contributed by atoms with van der Waals surface area (Å²) in [4.78, 5) is 43.0. The Balaban J connectivity index is 1.70. The molecular weight excluding hydrogens is 354 g/mol. The Morgan fingerprint density at radius 1 is 0.962 bits per heavy atom. The largest absolute Gasteiger partial charge is 0.337 e. The monoisotopic (exact) mass is 373 g/mol. The average molecular weight is 374 g/mol. The Bertz CT molecular complexity index is 894. The molecule has 0 bridgehead atoms. The van der Waals surface area contributed by atoms with Gasteiger partial charge in [-0.3, -0.25) is 14.4 Å². The van der Waals surface area contributed by atoms with E-state index in [-0.39, 0.29) is 17.4 Å². The molecule has 0 saturated carbocycles. The van der Waals surface area contributed by atoms with Gasteiger partial charge in [0.2, 0.25) is 5.56 Å². The molecule has 7 heteroatoms. The first-order valence-corrected chi connectivity index (χ1v) is 8.87. The number of nitrogens with one attached hydrogen (secondary N) is 1. The first kappa shape index (κ1) is 18.2. The summed E-state index contributed by atoms with van der Waals surface area (Å²) in [5.41, 5.74) is 1.28. The maximum absolute atomic E-state index is 12.7. The molecule has 2 amide bonds. The Kier molecular flexibility index (Phi) is 5.42. The van der Waals surface area contributed by atoms with Crippen LogP contribution >= 0.6 is 11.6 Å². The number of amides is 2. The van der Waals surface area contributed by atoms with Crippen LogP contribution in [0.2, 0.25) is 5.02 Å².